The van der Waals surface area contributed by atoms with Gasteiger partial charge in [-0.25, -0.2) is 0 Å². The van der Waals surface area contributed by atoms with Gasteiger partial charge in [-0.15, -0.1) is 11.6 Å². The highest BCUT2D eigenvalue weighted by molar-refractivity contribution is 6.18. The maximum atomic E-state index is 8.93. The molecule has 0 radical (unpaired) electrons. The Labute approximate surface area is 79.6 Å². The van der Waals surface area contributed by atoms with Crippen LogP contribution >= 0.6 is 11.6 Å². The molecule has 0 aromatic rings. The summed E-state index contributed by atoms with van der Waals surface area (Å²) in [6, 6.07) is 0. The first-order valence-corrected chi connectivity index (χ1v) is 4.90. The number of hydrogen-bond donors (Lipinski definition) is 2. The van der Waals surface area contributed by atoms with E-state index in [0.717, 1.165) is 25.9 Å². The normalized spacial score (nSPS) is 13.9. The number of aliphatic hydroxyl groups is 1. The second-order valence-electron chi connectivity index (χ2n) is 2.82. The quantitative estimate of drug-likeness (QED) is 0.364. The van der Waals surface area contributed by atoms with Gasteiger partial charge in [0.15, 0.2) is 0 Å². The predicted octanol–water partition coefficient (Wildman–Crippen LogP) is 1.53. The van der Waals surface area contributed by atoms with Gasteiger partial charge in [-0.2, -0.15) is 0 Å². The van der Waals surface area contributed by atoms with Crippen LogP contribution in [-0.2, 0) is 0 Å². The van der Waals surface area contributed by atoms with E-state index >= 15 is 0 Å². The van der Waals surface area contributed by atoms with Gasteiger partial charge in [-0.1, -0.05) is 12.2 Å². The van der Waals surface area contributed by atoms with Crippen molar-refractivity contribution in [2.45, 2.75) is 25.9 Å². The molecule has 2 N–H and O–H groups in total. The third kappa shape index (κ3) is 9.95. The molecule has 0 fully saturated rings. The third-order valence-corrected chi connectivity index (χ3v) is 1.67. The lowest BCUT2D eigenvalue weighted by atomic mass is 10.2. The Bertz CT molecular complexity index is 115. The number of allylic oxidation sites excluding steroid dienone is 1. The Hall–Kier alpha value is -0.0500. The van der Waals surface area contributed by atoms with E-state index in [4.69, 9.17) is 16.7 Å². The average Bonchev–Trinajstić information content (AvgIpc) is 2.02. The highest BCUT2D eigenvalue weighted by Gasteiger charge is 1.93. The van der Waals surface area contributed by atoms with E-state index in [9.17, 15) is 0 Å². The van der Waals surface area contributed by atoms with E-state index in [1.54, 1.807) is 0 Å². The minimum atomic E-state index is -0.176. The third-order valence-electron chi connectivity index (χ3n) is 1.49. The van der Waals surface area contributed by atoms with Gasteiger partial charge >= 0.3 is 0 Å². The molecule has 0 aliphatic rings. The van der Waals surface area contributed by atoms with Crippen LogP contribution in [0.2, 0.25) is 0 Å². The first kappa shape index (κ1) is 11.9. The first-order chi connectivity index (χ1) is 5.77. The van der Waals surface area contributed by atoms with Crippen molar-refractivity contribution in [2.75, 3.05) is 19.0 Å². The molecule has 72 valence electrons. The zero-order valence-corrected chi connectivity index (χ0v) is 8.35. The fraction of sp³-hybridized carbons (Fsp3) is 0.778. The van der Waals surface area contributed by atoms with Gasteiger partial charge in [0.1, 0.15) is 0 Å². The maximum Gasteiger partial charge on any atom is 0.0512 e. The van der Waals surface area contributed by atoms with Crippen LogP contribution in [0, 0.1) is 0 Å². The summed E-state index contributed by atoms with van der Waals surface area (Å²) in [5.74, 6) is 0.579. The molecule has 0 rings (SSSR count). The molecule has 0 spiro atoms. The van der Waals surface area contributed by atoms with Crippen LogP contribution in [0.5, 0.6) is 0 Å². The van der Waals surface area contributed by atoms with E-state index < -0.39 is 0 Å². The molecule has 1 unspecified atom stereocenters. The van der Waals surface area contributed by atoms with Crippen molar-refractivity contribution in [3.63, 3.8) is 0 Å². The molecule has 0 aliphatic carbocycles. The lowest BCUT2D eigenvalue weighted by Crippen LogP contribution is -2.16. The van der Waals surface area contributed by atoms with Crippen LogP contribution in [-0.4, -0.2) is 30.2 Å². The zero-order valence-electron chi connectivity index (χ0n) is 7.59. The molecule has 1 atom stereocenters. The monoisotopic (exact) mass is 191 g/mol. The Kier molecular flexibility index (Phi) is 9.00. The Morgan fingerprint density at radius 2 is 2.25 bits per heavy atom. The standard InChI is InChI=1S/C9H18ClNO/c1-9(12)5-4-8-11-7-3-2-6-10/h2-3,9,11-12H,4-8H2,1H3/b3-2+. The van der Waals surface area contributed by atoms with Crippen molar-refractivity contribution < 1.29 is 5.11 Å². The summed E-state index contributed by atoms with van der Waals surface area (Å²) in [4.78, 5) is 0. The summed E-state index contributed by atoms with van der Waals surface area (Å²) in [5.41, 5.74) is 0. The van der Waals surface area contributed by atoms with Crippen molar-refractivity contribution in [2.24, 2.45) is 0 Å². The Morgan fingerprint density at radius 3 is 2.83 bits per heavy atom. The van der Waals surface area contributed by atoms with Gasteiger partial charge < -0.3 is 10.4 Å². The van der Waals surface area contributed by atoms with Gasteiger partial charge in [0, 0.05) is 12.4 Å². The highest BCUT2D eigenvalue weighted by Crippen LogP contribution is 1.92. The minimum Gasteiger partial charge on any atom is -0.393 e. The van der Waals surface area contributed by atoms with Crippen molar-refractivity contribution >= 4 is 11.6 Å². The molecule has 0 aliphatic heterocycles. The first-order valence-electron chi connectivity index (χ1n) is 4.37. The maximum absolute atomic E-state index is 8.93. The smallest absolute Gasteiger partial charge is 0.0512 e. The molecule has 0 heterocycles. The largest absolute Gasteiger partial charge is 0.393 e. The van der Waals surface area contributed by atoms with Gasteiger partial charge in [-0.05, 0) is 26.3 Å². The van der Waals surface area contributed by atoms with Crippen molar-refractivity contribution in [1.29, 1.82) is 0 Å². The van der Waals surface area contributed by atoms with Crippen LogP contribution < -0.4 is 5.32 Å². The van der Waals surface area contributed by atoms with E-state index in [0.29, 0.717) is 5.88 Å². The molecule has 3 heteroatoms. The second-order valence-corrected chi connectivity index (χ2v) is 3.13. The molecule has 12 heavy (non-hydrogen) atoms. The van der Waals surface area contributed by atoms with Crippen molar-refractivity contribution in [3.8, 4) is 0 Å². The summed E-state index contributed by atoms with van der Waals surface area (Å²) in [5, 5.41) is 12.2. The highest BCUT2D eigenvalue weighted by atomic mass is 35.5. The van der Waals surface area contributed by atoms with Crippen LogP contribution in [0.1, 0.15) is 19.8 Å². The topological polar surface area (TPSA) is 32.3 Å². The molecular weight excluding hydrogens is 174 g/mol. The van der Waals surface area contributed by atoms with Gasteiger partial charge in [-0.3, -0.25) is 0 Å². The lowest BCUT2D eigenvalue weighted by molar-refractivity contribution is 0.181. The van der Waals surface area contributed by atoms with Gasteiger partial charge in [0.05, 0.1) is 6.10 Å². The molecule has 0 saturated heterocycles. The summed E-state index contributed by atoms with van der Waals surface area (Å²) in [6.07, 6.45) is 5.64. The number of aliphatic hydroxyl groups excluding tert-OH is 1. The van der Waals surface area contributed by atoms with E-state index in [2.05, 4.69) is 5.32 Å². The summed E-state index contributed by atoms with van der Waals surface area (Å²) >= 11 is 5.44. The molecule has 0 aromatic carbocycles. The zero-order chi connectivity index (χ0) is 9.23. The fourth-order valence-corrected chi connectivity index (χ4v) is 0.980. The number of halogens is 1. The van der Waals surface area contributed by atoms with Gasteiger partial charge in [0.2, 0.25) is 0 Å². The van der Waals surface area contributed by atoms with Crippen molar-refractivity contribution in [1.82, 2.24) is 5.32 Å². The predicted molar refractivity (Wildman–Crippen MR) is 53.6 cm³/mol. The summed E-state index contributed by atoms with van der Waals surface area (Å²) in [6.45, 7) is 3.64. The molecule has 0 amide bonds. The van der Waals surface area contributed by atoms with Crippen molar-refractivity contribution in [3.05, 3.63) is 12.2 Å². The molecule has 0 saturated carbocycles. The number of rotatable bonds is 7. The Morgan fingerprint density at radius 1 is 1.50 bits per heavy atom. The molecule has 0 bridgehead atoms. The number of alkyl halides is 1. The lowest BCUT2D eigenvalue weighted by Gasteiger charge is -2.03. The Balaban J connectivity index is 2.96. The van der Waals surface area contributed by atoms with Crippen LogP contribution in [0.15, 0.2) is 12.2 Å². The number of hydrogen-bond acceptors (Lipinski definition) is 2. The number of nitrogens with one attached hydrogen (secondary N) is 1. The second kappa shape index (κ2) is 9.04. The van der Waals surface area contributed by atoms with Gasteiger partial charge in [0.25, 0.3) is 0 Å². The molecule has 2 nitrogen and oxygen atoms in total. The fourth-order valence-electron chi connectivity index (χ4n) is 0.854. The SMILES string of the molecule is CC(O)CCCNC/C=C/CCl. The molecule has 0 aromatic heterocycles. The molecular formula is C9H18ClNO. The van der Waals surface area contributed by atoms with E-state index in [1.807, 2.05) is 19.1 Å². The average molecular weight is 192 g/mol. The van der Waals surface area contributed by atoms with Crippen LogP contribution in [0.25, 0.3) is 0 Å². The summed E-state index contributed by atoms with van der Waals surface area (Å²) < 4.78 is 0. The summed E-state index contributed by atoms with van der Waals surface area (Å²) in [7, 11) is 0. The minimum absolute atomic E-state index is 0.176. The van der Waals surface area contributed by atoms with Crippen LogP contribution in [0.4, 0.5) is 0 Å². The van der Waals surface area contributed by atoms with E-state index in [1.165, 1.54) is 0 Å². The van der Waals surface area contributed by atoms with Crippen LogP contribution in [0.3, 0.4) is 0 Å². The van der Waals surface area contributed by atoms with E-state index in [-0.39, 0.29) is 6.10 Å².